The van der Waals surface area contributed by atoms with E-state index in [4.69, 9.17) is 9.47 Å². The zero-order valence-corrected chi connectivity index (χ0v) is 20.5. The lowest BCUT2D eigenvalue weighted by Gasteiger charge is -2.13. The topological polar surface area (TPSA) is 118 Å². The predicted molar refractivity (Wildman–Crippen MR) is 139 cm³/mol. The van der Waals surface area contributed by atoms with Gasteiger partial charge in [0, 0.05) is 11.4 Å². The number of benzene rings is 3. The highest BCUT2D eigenvalue weighted by atomic mass is 16.5. The minimum Gasteiger partial charge on any atom is -0.493 e. The molecule has 3 N–H and O–H groups in total. The Kier molecular flexibility index (Phi) is 8.77. The summed E-state index contributed by atoms with van der Waals surface area (Å²) in [7, 11) is 1.47. The van der Waals surface area contributed by atoms with Gasteiger partial charge in [0.05, 0.1) is 13.3 Å². The summed E-state index contributed by atoms with van der Waals surface area (Å²) in [6.07, 6.45) is 1.36. The molecule has 9 nitrogen and oxygen atoms in total. The van der Waals surface area contributed by atoms with Gasteiger partial charge in [-0.05, 0) is 79.4 Å². The Balaban J connectivity index is 1.54. The summed E-state index contributed by atoms with van der Waals surface area (Å²) in [5, 5.41) is 9.16. The molecule has 0 radical (unpaired) electrons. The fourth-order valence-electron chi connectivity index (χ4n) is 3.23. The molecule has 0 saturated heterocycles. The quantitative estimate of drug-likeness (QED) is 0.254. The van der Waals surface area contributed by atoms with Crippen LogP contribution >= 0.6 is 0 Å². The number of carbonyl (C=O) groups is 3. The van der Waals surface area contributed by atoms with Crippen molar-refractivity contribution in [1.29, 1.82) is 0 Å². The van der Waals surface area contributed by atoms with Crippen molar-refractivity contribution in [2.75, 3.05) is 24.4 Å². The number of nitrogens with zero attached hydrogens (tertiary/aromatic N) is 1. The number of anilines is 2. The van der Waals surface area contributed by atoms with Crippen LogP contribution < -0.4 is 25.5 Å². The van der Waals surface area contributed by atoms with E-state index in [-0.39, 0.29) is 12.5 Å². The molecular weight excluding hydrogens is 460 g/mol. The molecule has 9 heteroatoms. The maximum absolute atomic E-state index is 12.3. The van der Waals surface area contributed by atoms with Crippen LogP contribution in [0, 0.1) is 20.8 Å². The number of nitrogens with one attached hydrogen (secondary N) is 3. The van der Waals surface area contributed by atoms with E-state index < -0.39 is 11.8 Å². The normalized spacial score (nSPS) is 10.6. The van der Waals surface area contributed by atoms with Crippen LogP contribution in [-0.2, 0) is 14.4 Å². The maximum Gasteiger partial charge on any atom is 0.329 e. The Morgan fingerprint density at radius 2 is 1.67 bits per heavy atom. The predicted octanol–water partition coefficient (Wildman–Crippen LogP) is 3.73. The number of carbonyl (C=O) groups excluding carboxylic acids is 3. The third-order valence-electron chi connectivity index (χ3n) is 5.29. The fourth-order valence-corrected chi connectivity index (χ4v) is 3.23. The van der Waals surface area contributed by atoms with Crippen molar-refractivity contribution < 1.29 is 23.9 Å². The summed E-state index contributed by atoms with van der Waals surface area (Å²) in [5.41, 5.74) is 7.04. The highest BCUT2D eigenvalue weighted by Crippen LogP contribution is 2.27. The molecule has 0 unspecified atom stereocenters. The zero-order valence-electron chi connectivity index (χ0n) is 20.5. The largest absolute Gasteiger partial charge is 0.493 e. The van der Waals surface area contributed by atoms with E-state index in [1.807, 2.05) is 45.0 Å². The van der Waals surface area contributed by atoms with E-state index in [1.54, 1.807) is 36.4 Å². The van der Waals surface area contributed by atoms with Crippen LogP contribution in [0.2, 0.25) is 0 Å². The zero-order chi connectivity index (χ0) is 26.1. The minimum absolute atomic E-state index is 0.205. The molecule has 0 aliphatic heterocycles. The van der Waals surface area contributed by atoms with Crippen LogP contribution in [0.25, 0.3) is 0 Å². The van der Waals surface area contributed by atoms with Crippen LogP contribution in [0.4, 0.5) is 11.4 Å². The van der Waals surface area contributed by atoms with Gasteiger partial charge in [-0.2, -0.15) is 5.10 Å². The highest BCUT2D eigenvalue weighted by molar-refractivity contribution is 6.39. The van der Waals surface area contributed by atoms with Crippen LogP contribution in [0.1, 0.15) is 22.3 Å². The van der Waals surface area contributed by atoms with Crippen molar-refractivity contribution in [1.82, 2.24) is 5.43 Å². The molecule has 0 aliphatic rings. The van der Waals surface area contributed by atoms with Gasteiger partial charge in [-0.25, -0.2) is 5.43 Å². The standard InChI is InChI=1S/C27H28N4O5/c1-17-7-5-9-21(13-17)29-26(33)27(34)31-28-15-20-11-12-23(24(14-20)35-4)36-16-25(32)30-22-10-6-8-18(2)19(22)3/h5-15H,16H2,1-4H3,(H,29,33)(H,30,32)(H,31,34)/b28-15-. The molecule has 3 aromatic carbocycles. The number of aryl methyl sites for hydroxylation is 2. The maximum atomic E-state index is 12.3. The Morgan fingerprint density at radius 1 is 0.889 bits per heavy atom. The Hall–Kier alpha value is -4.66. The SMILES string of the molecule is COc1cc(/C=N\NC(=O)C(=O)Nc2cccc(C)c2)ccc1OCC(=O)Nc1cccc(C)c1C. The fraction of sp³-hybridized carbons (Fsp3) is 0.185. The van der Waals surface area contributed by atoms with Crippen molar-refractivity contribution in [3.05, 3.63) is 82.9 Å². The average molecular weight is 489 g/mol. The van der Waals surface area contributed by atoms with E-state index in [1.165, 1.54) is 13.3 Å². The van der Waals surface area contributed by atoms with Gasteiger partial charge in [0.15, 0.2) is 18.1 Å². The third kappa shape index (κ3) is 7.17. The molecule has 0 heterocycles. The van der Waals surface area contributed by atoms with Crippen molar-refractivity contribution in [2.45, 2.75) is 20.8 Å². The Morgan fingerprint density at radius 3 is 2.42 bits per heavy atom. The summed E-state index contributed by atoms with van der Waals surface area (Å²) in [6.45, 7) is 5.59. The van der Waals surface area contributed by atoms with E-state index in [9.17, 15) is 14.4 Å². The molecule has 186 valence electrons. The van der Waals surface area contributed by atoms with Gasteiger partial charge >= 0.3 is 11.8 Å². The van der Waals surface area contributed by atoms with Crippen molar-refractivity contribution >= 4 is 35.3 Å². The van der Waals surface area contributed by atoms with Crippen LogP contribution in [0.15, 0.2) is 65.8 Å². The lowest BCUT2D eigenvalue weighted by Crippen LogP contribution is -2.32. The van der Waals surface area contributed by atoms with E-state index in [2.05, 4.69) is 21.2 Å². The molecule has 36 heavy (non-hydrogen) atoms. The van der Waals surface area contributed by atoms with Gasteiger partial charge in [0.25, 0.3) is 5.91 Å². The number of amides is 3. The molecular formula is C27H28N4O5. The van der Waals surface area contributed by atoms with E-state index in [0.717, 1.165) is 22.4 Å². The van der Waals surface area contributed by atoms with Gasteiger partial charge in [-0.15, -0.1) is 0 Å². The number of rotatable bonds is 8. The highest BCUT2D eigenvalue weighted by Gasteiger charge is 2.13. The minimum atomic E-state index is -0.908. The van der Waals surface area contributed by atoms with Crippen molar-refractivity contribution in [2.24, 2.45) is 5.10 Å². The Labute approximate surface area is 209 Å². The van der Waals surface area contributed by atoms with E-state index >= 15 is 0 Å². The first kappa shape index (κ1) is 26.0. The first-order valence-electron chi connectivity index (χ1n) is 11.1. The molecule has 0 fully saturated rings. The van der Waals surface area contributed by atoms with Gasteiger partial charge in [0.2, 0.25) is 0 Å². The summed E-state index contributed by atoms with van der Waals surface area (Å²) in [6, 6.07) is 17.7. The smallest absolute Gasteiger partial charge is 0.329 e. The number of methoxy groups -OCH3 is 1. The number of hydrogen-bond acceptors (Lipinski definition) is 6. The van der Waals surface area contributed by atoms with Gasteiger partial charge in [0.1, 0.15) is 0 Å². The molecule has 0 spiro atoms. The number of hydrogen-bond donors (Lipinski definition) is 3. The first-order valence-corrected chi connectivity index (χ1v) is 11.1. The molecule has 3 aromatic rings. The van der Waals surface area contributed by atoms with Crippen LogP contribution in [0.3, 0.4) is 0 Å². The summed E-state index contributed by atoms with van der Waals surface area (Å²) >= 11 is 0. The van der Waals surface area contributed by atoms with E-state index in [0.29, 0.717) is 22.7 Å². The average Bonchev–Trinajstić information content (AvgIpc) is 2.85. The Bertz CT molecular complexity index is 1300. The van der Waals surface area contributed by atoms with Crippen molar-refractivity contribution in [3.8, 4) is 11.5 Å². The second-order valence-electron chi connectivity index (χ2n) is 8.02. The molecule has 0 atom stereocenters. The molecule has 0 saturated carbocycles. The molecule has 3 amide bonds. The first-order chi connectivity index (χ1) is 17.3. The van der Waals surface area contributed by atoms with Crippen LogP contribution in [-0.4, -0.2) is 37.7 Å². The van der Waals surface area contributed by atoms with Gasteiger partial charge < -0.3 is 20.1 Å². The summed E-state index contributed by atoms with van der Waals surface area (Å²) in [5.74, 6) is -1.30. The molecule has 0 aromatic heterocycles. The van der Waals surface area contributed by atoms with Crippen LogP contribution in [0.5, 0.6) is 11.5 Å². The molecule has 0 bridgehead atoms. The van der Waals surface area contributed by atoms with Gasteiger partial charge in [-0.1, -0.05) is 24.3 Å². The monoisotopic (exact) mass is 488 g/mol. The number of hydrazone groups is 1. The number of ether oxygens (including phenoxy) is 2. The summed E-state index contributed by atoms with van der Waals surface area (Å²) < 4.78 is 11.0. The summed E-state index contributed by atoms with van der Waals surface area (Å²) in [4.78, 5) is 36.4. The van der Waals surface area contributed by atoms with Gasteiger partial charge in [-0.3, -0.25) is 14.4 Å². The third-order valence-corrected chi connectivity index (χ3v) is 5.29. The lowest BCUT2D eigenvalue weighted by atomic mass is 10.1. The molecule has 0 aliphatic carbocycles. The lowest BCUT2D eigenvalue weighted by molar-refractivity contribution is -0.136. The second kappa shape index (κ2) is 12.2. The molecule has 3 rings (SSSR count). The van der Waals surface area contributed by atoms with Crippen molar-refractivity contribution in [3.63, 3.8) is 0 Å². The second-order valence-corrected chi connectivity index (χ2v) is 8.02.